The Balaban J connectivity index is 2.14. The summed E-state index contributed by atoms with van der Waals surface area (Å²) in [5.74, 6) is -1.72. The lowest BCUT2D eigenvalue weighted by molar-refractivity contribution is 0.549. The summed E-state index contributed by atoms with van der Waals surface area (Å²) < 4.78 is 53.6. The molecule has 110 valence electrons. The second-order valence-corrected chi connectivity index (χ2v) is 6.71. The van der Waals surface area contributed by atoms with Crippen LogP contribution in [0.15, 0.2) is 47.4 Å². The zero-order valence-electron chi connectivity index (χ0n) is 11.1. The maximum Gasteiger partial charge on any atom is 0.267 e. The number of hydrogen-bond acceptors (Lipinski definition) is 2. The molecule has 1 aliphatic rings. The van der Waals surface area contributed by atoms with Crippen molar-refractivity contribution in [2.75, 3.05) is 10.8 Å². The van der Waals surface area contributed by atoms with Gasteiger partial charge in [-0.25, -0.2) is 17.2 Å². The van der Waals surface area contributed by atoms with E-state index in [1.165, 1.54) is 0 Å². The van der Waals surface area contributed by atoms with Gasteiger partial charge in [-0.1, -0.05) is 18.2 Å². The second kappa shape index (κ2) is 5.11. The number of nitrogens with zero attached hydrogens (tertiary/aromatic N) is 1. The van der Waals surface area contributed by atoms with Crippen molar-refractivity contribution >= 4 is 15.7 Å². The zero-order chi connectivity index (χ0) is 15.0. The van der Waals surface area contributed by atoms with E-state index in [-0.39, 0.29) is 6.54 Å². The summed E-state index contributed by atoms with van der Waals surface area (Å²) in [5, 5.41) is 0. The number of rotatable bonds is 2. The Labute approximate surface area is 121 Å². The van der Waals surface area contributed by atoms with Crippen LogP contribution in [0.2, 0.25) is 0 Å². The number of anilines is 1. The smallest absolute Gasteiger partial charge is 0.266 e. The molecule has 0 radical (unpaired) electrons. The summed E-state index contributed by atoms with van der Waals surface area (Å²) in [6.45, 7) is 0.259. The van der Waals surface area contributed by atoms with Crippen LogP contribution in [0.1, 0.15) is 12.0 Å². The molecule has 3 rings (SSSR count). The van der Waals surface area contributed by atoms with Gasteiger partial charge in [-0.2, -0.15) is 0 Å². The fourth-order valence-corrected chi connectivity index (χ4v) is 4.16. The number of aryl methyl sites for hydroxylation is 1. The van der Waals surface area contributed by atoms with Gasteiger partial charge in [-0.3, -0.25) is 4.31 Å². The lowest BCUT2D eigenvalue weighted by Crippen LogP contribution is -2.36. The molecule has 2 aromatic rings. The Bertz CT molecular complexity index is 790. The molecule has 21 heavy (non-hydrogen) atoms. The first kappa shape index (κ1) is 14.0. The number of para-hydroxylation sites is 1. The molecule has 0 saturated heterocycles. The molecule has 3 nitrogen and oxygen atoms in total. The molecule has 0 fully saturated rings. The van der Waals surface area contributed by atoms with Crippen LogP contribution < -0.4 is 4.31 Å². The highest BCUT2D eigenvalue weighted by Crippen LogP contribution is 2.32. The van der Waals surface area contributed by atoms with E-state index in [9.17, 15) is 17.2 Å². The summed E-state index contributed by atoms with van der Waals surface area (Å²) >= 11 is 0. The van der Waals surface area contributed by atoms with Gasteiger partial charge in [-0.05, 0) is 42.7 Å². The zero-order valence-corrected chi connectivity index (χ0v) is 11.9. The molecule has 1 aliphatic heterocycles. The van der Waals surface area contributed by atoms with Gasteiger partial charge < -0.3 is 0 Å². The minimum atomic E-state index is -4.11. The molecule has 0 atom stereocenters. The van der Waals surface area contributed by atoms with E-state index in [0.717, 1.165) is 34.5 Å². The van der Waals surface area contributed by atoms with Crippen LogP contribution in [0.5, 0.6) is 0 Å². The van der Waals surface area contributed by atoms with Gasteiger partial charge in [0.1, 0.15) is 16.5 Å². The first-order valence-electron chi connectivity index (χ1n) is 6.56. The average Bonchev–Trinajstić information content (AvgIpc) is 2.49. The SMILES string of the molecule is O=S(=O)(c1cc(F)ccc1F)N1CCCc2ccccc21. The van der Waals surface area contributed by atoms with Crippen molar-refractivity contribution in [1.29, 1.82) is 0 Å². The van der Waals surface area contributed by atoms with E-state index in [2.05, 4.69) is 0 Å². The highest BCUT2D eigenvalue weighted by molar-refractivity contribution is 7.92. The normalized spacial score (nSPS) is 14.9. The summed E-state index contributed by atoms with van der Waals surface area (Å²) in [6.07, 6.45) is 1.42. The lowest BCUT2D eigenvalue weighted by atomic mass is 10.0. The van der Waals surface area contributed by atoms with E-state index in [0.29, 0.717) is 12.1 Å². The van der Waals surface area contributed by atoms with Gasteiger partial charge in [0, 0.05) is 6.54 Å². The summed E-state index contributed by atoms with van der Waals surface area (Å²) in [6, 6.07) is 9.55. The quantitative estimate of drug-likeness (QED) is 0.855. The predicted octanol–water partition coefficient (Wildman–Crippen LogP) is 3.11. The second-order valence-electron chi connectivity index (χ2n) is 4.88. The molecule has 0 saturated carbocycles. The van der Waals surface area contributed by atoms with E-state index in [1.54, 1.807) is 12.1 Å². The van der Waals surface area contributed by atoms with Gasteiger partial charge in [-0.15, -0.1) is 0 Å². The molecular weight excluding hydrogens is 296 g/mol. The van der Waals surface area contributed by atoms with Gasteiger partial charge in [0.2, 0.25) is 0 Å². The molecule has 0 amide bonds. The van der Waals surface area contributed by atoms with Crippen molar-refractivity contribution in [3.63, 3.8) is 0 Å². The summed E-state index contributed by atoms with van der Waals surface area (Å²) in [7, 11) is -4.11. The van der Waals surface area contributed by atoms with E-state index < -0.39 is 26.6 Å². The molecule has 2 aromatic carbocycles. The minimum Gasteiger partial charge on any atom is -0.266 e. The lowest BCUT2D eigenvalue weighted by Gasteiger charge is -2.30. The molecule has 0 spiro atoms. The van der Waals surface area contributed by atoms with E-state index in [4.69, 9.17) is 0 Å². The third-order valence-corrected chi connectivity index (χ3v) is 5.36. The molecular formula is C15H13F2NO2S. The van der Waals surface area contributed by atoms with Crippen molar-refractivity contribution in [2.24, 2.45) is 0 Å². The standard InChI is InChI=1S/C15H13F2NO2S/c16-12-7-8-13(17)15(10-12)21(19,20)18-9-3-5-11-4-1-2-6-14(11)18/h1-2,4,6-8,10H,3,5,9H2. The molecule has 1 heterocycles. The van der Waals surface area contributed by atoms with Crippen molar-refractivity contribution in [3.05, 3.63) is 59.7 Å². The number of halogens is 2. The maximum atomic E-state index is 13.8. The van der Waals surface area contributed by atoms with Gasteiger partial charge in [0.15, 0.2) is 0 Å². The molecule has 0 unspecified atom stereocenters. The first-order chi connectivity index (χ1) is 10.00. The average molecular weight is 309 g/mol. The fraction of sp³-hybridized carbons (Fsp3) is 0.200. The molecule has 6 heteroatoms. The topological polar surface area (TPSA) is 37.4 Å². The number of hydrogen-bond donors (Lipinski definition) is 0. The van der Waals surface area contributed by atoms with Crippen LogP contribution in [0, 0.1) is 11.6 Å². The van der Waals surface area contributed by atoms with Crippen molar-refractivity contribution in [1.82, 2.24) is 0 Å². The Morgan fingerprint density at radius 3 is 2.62 bits per heavy atom. The van der Waals surface area contributed by atoms with Gasteiger partial charge in [0.25, 0.3) is 10.0 Å². The van der Waals surface area contributed by atoms with Crippen LogP contribution in [0.4, 0.5) is 14.5 Å². The Kier molecular flexibility index (Phi) is 3.41. The van der Waals surface area contributed by atoms with E-state index >= 15 is 0 Å². The van der Waals surface area contributed by atoms with E-state index in [1.807, 2.05) is 12.1 Å². The van der Waals surface area contributed by atoms with Crippen molar-refractivity contribution in [2.45, 2.75) is 17.7 Å². The summed E-state index contributed by atoms with van der Waals surface area (Å²) in [4.78, 5) is -0.626. The van der Waals surface area contributed by atoms with Crippen molar-refractivity contribution in [3.8, 4) is 0 Å². The minimum absolute atomic E-state index is 0.259. The highest BCUT2D eigenvalue weighted by atomic mass is 32.2. The number of sulfonamides is 1. The van der Waals surface area contributed by atoms with Crippen LogP contribution in [0.25, 0.3) is 0 Å². The number of benzene rings is 2. The predicted molar refractivity (Wildman–Crippen MR) is 75.7 cm³/mol. The highest BCUT2D eigenvalue weighted by Gasteiger charge is 2.31. The van der Waals surface area contributed by atoms with Crippen LogP contribution in [0.3, 0.4) is 0 Å². The molecule has 0 aromatic heterocycles. The molecule has 0 aliphatic carbocycles. The Morgan fingerprint density at radius 2 is 1.81 bits per heavy atom. The third-order valence-electron chi connectivity index (χ3n) is 3.53. The number of fused-ring (bicyclic) bond motifs is 1. The Morgan fingerprint density at radius 1 is 1.05 bits per heavy atom. The largest absolute Gasteiger partial charge is 0.267 e. The van der Waals surface area contributed by atoms with Crippen LogP contribution in [-0.2, 0) is 16.4 Å². The maximum absolute atomic E-state index is 13.8. The first-order valence-corrected chi connectivity index (χ1v) is 8.00. The fourth-order valence-electron chi connectivity index (χ4n) is 2.54. The molecule has 0 N–H and O–H groups in total. The molecule has 0 bridgehead atoms. The van der Waals surface area contributed by atoms with Gasteiger partial charge in [0.05, 0.1) is 5.69 Å². The van der Waals surface area contributed by atoms with Gasteiger partial charge >= 0.3 is 0 Å². The Hall–Kier alpha value is -1.95. The van der Waals surface area contributed by atoms with Crippen LogP contribution >= 0.6 is 0 Å². The summed E-state index contributed by atoms with van der Waals surface area (Å²) in [5.41, 5.74) is 1.43. The van der Waals surface area contributed by atoms with Crippen LogP contribution in [-0.4, -0.2) is 15.0 Å². The monoisotopic (exact) mass is 309 g/mol. The third kappa shape index (κ3) is 2.40. The van der Waals surface area contributed by atoms with Crippen molar-refractivity contribution < 1.29 is 17.2 Å².